The van der Waals surface area contributed by atoms with E-state index in [-0.39, 0.29) is 5.96 Å². The van der Waals surface area contributed by atoms with Gasteiger partial charge in [-0.3, -0.25) is 0 Å². The Hall–Kier alpha value is -2.40. The Bertz CT molecular complexity index is 751. The number of nitrogens with two attached hydrogens (primary N) is 2. The molecule has 3 rings (SSSR count). The first-order valence-corrected chi connectivity index (χ1v) is 6.65. The summed E-state index contributed by atoms with van der Waals surface area (Å²) >= 11 is 1.42. The highest BCUT2D eigenvalue weighted by Gasteiger charge is 2.07. The Morgan fingerprint density at radius 3 is 2.68 bits per heavy atom. The molecule has 4 N–H and O–H groups in total. The van der Waals surface area contributed by atoms with Crippen LogP contribution < -0.4 is 11.5 Å². The van der Waals surface area contributed by atoms with Crippen molar-refractivity contribution in [1.82, 2.24) is 4.98 Å². The van der Waals surface area contributed by atoms with Crippen LogP contribution in [-0.4, -0.2) is 10.9 Å². The van der Waals surface area contributed by atoms with Crippen molar-refractivity contribution in [3.8, 4) is 11.3 Å². The van der Waals surface area contributed by atoms with E-state index in [1.165, 1.54) is 22.1 Å². The molecular weight excluding hydrogens is 256 g/mol. The van der Waals surface area contributed by atoms with E-state index in [4.69, 9.17) is 11.5 Å². The van der Waals surface area contributed by atoms with Gasteiger partial charge in [-0.05, 0) is 10.8 Å². The summed E-state index contributed by atoms with van der Waals surface area (Å²) in [6.07, 6.45) is 0. The summed E-state index contributed by atoms with van der Waals surface area (Å²) in [5.74, 6) is 0.0267. The van der Waals surface area contributed by atoms with Crippen LogP contribution in [0.3, 0.4) is 0 Å². The van der Waals surface area contributed by atoms with E-state index in [2.05, 4.69) is 34.2 Å². The van der Waals surface area contributed by atoms with Gasteiger partial charge in [0, 0.05) is 10.9 Å². The number of fused-ring (bicyclic) bond motifs is 1. The number of guanidine groups is 1. The van der Waals surface area contributed by atoms with E-state index >= 15 is 0 Å². The van der Waals surface area contributed by atoms with Gasteiger partial charge in [0.15, 0.2) is 5.96 Å². The lowest BCUT2D eigenvalue weighted by molar-refractivity contribution is 1.33. The third-order valence-electron chi connectivity index (χ3n) is 2.78. The average molecular weight is 268 g/mol. The van der Waals surface area contributed by atoms with Crippen LogP contribution in [0.4, 0.5) is 5.13 Å². The van der Waals surface area contributed by atoms with E-state index < -0.39 is 0 Å². The molecule has 0 aliphatic carbocycles. The van der Waals surface area contributed by atoms with Crippen LogP contribution in [0.1, 0.15) is 0 Å². The predicted molar refractivity (Wildman–Crippen MR) is 80.5 cm³/mol. The van der Waals surface area contributed by atoms with E-state index in [0.717, 1.165) is 11.3 Å². The van der Waals surface area contributed by atoms with Crippen molar-refractivity contribution in [2.24, 2.45) is 16.5 Å². The Balaban J connectivity index is 2.14. The summed E-state index contributed by atoms with van der Waals surface area (Å²) < 4.78 is 0. The number of aromatic nitrogens is 1. The van der Waals surface area contributed by atoms with E-state index in [1.807, 2.05) is 23.6 Å². The van der Waals surface area contributed by atoms with Gasteiger partial charge in [-0.1, -0.05) is 42.5 Å². The lowest BCUT2D eigenvalue weighted by atomic mass is 10.0. The summed E-state index contributed by atoms with van der Waals surface area (Å²) in [7, 11) is 0. The fraction of sp³-hybridized carbons (Fsp3) is 0. The van der Waals surface area contributed by atoms with Crippen LogP contribution >= 0.6 is 11.3 Å². The molecule has 0 aliphatic rings. The smallest absolute Gasteiger partial charge is 0.212 e. The number of nitrogens with zero attached hydrogens (tertiary/aromatic N) is 2. The minimum Gasteiger partial charge on any atom is -0.370 e. The summed E-state index contributed by atoms with van der Waals surface area (Å²) in [6.45, 7) is 0. The van der Waals surface area contributed by atoms with Crippen LogP contribution in [0.5, 0.6) is 0 Å². The molecule has 1 aromatic heterocycles. The highest BCUT2D eigenvalue weighted by Crippen LogP contribution is 2.31. The van der Waals surface area contributed by atoms with Crippen LogP contribution in [0.2, 0.25) is 0 Å². The third-order valence-corrected chi connectivity index (χ3v) is 3.52. The number of aliphatic imine (C=N–C) groups is 1. The van der Waals surface area contributed by atoms with Gasteiger partial charge < -0.3 is 11.5 Å². The topological polar surface area (TPSA) is 77.3 Å². The summed E-state index contributed by atoms with van der Waals surface area (Å²) in [4.78, 5) is 8.41. The van der Waals surface area contributed by atoms with Gasteiger partial charge in [0.1, 0.15) is 0 Å². The maximum absolute atomic E-state index is 5.36. The van der Waals surface area contributed by atoms with E-state index in [9.17, 15) is 0 Å². The monoisotopic (exact) mass is 268 g/mol. The second-order valence-electron chi connectivity index (χ2n) is 4.08. The summed E-state index contributed by atoms with van der Waals surface area (Å²) in [5.41, 5.74) is 12.7. The Kier molecular flexibility index (Phi) is 2.89. The Morgan fingerprint density at radius 2 is 1.84 bits per heavy atom. The number of hydrogen-bond donors (Lipinski definition) is 2. The number of thiazole rings is 1. The standard InChI is InChI=1S/C14H12N4S/c15-13(16)18-14-17-12(8-19-14)11-7-3-5-9-4-1-2-6-10(9)11/h1-8H,(H4,15,16,17,18). The molecule has 0 atom stereocenters. The van der Waals surface area contributed by atoms with Crippen LogP contribution in [-0.2, 0) is 0 Å². The second kappa shape index (κ2) is 4.70. The lowest BCUT2D eigenvalue weighted by Crippen LogP contribution is -2.21. The largest absolute Gasteiger partial charge is 0.370 e. The Labute approximate surface area is 114 Å². The zero-order chi connectivity index (χ0) is 13.2. The molecule has 4 nitrogen and oxygen atoms in total. The maximum Gasteiger partial charge on any atom is 0.212 e. The quantitative estimate of drug-likeness (QED) is 0.554. The minimum atomic E-state index is 0.0267. The van der Waals surface area contributed by atoms with Gasteiger partial charge in [0.25, 0.3) is 0 Å². The normalized spacial score (nSPS) is 10.5. The highest BCUT2D eigenvalue weighted by atomic mass is 32.1. The van der Waals surface area contributed by atoms with Crippen LogP contribution in [0.15, 0.2) is 52.8 Å². The fourth-order valence-electron chi connectivity index (χ4n) is 2.00. The third kappa shape index (κ3) is 2.28. The van der Waals surface area contributed by atoms with E-state index in [0.29, 0.717) is 5.13 Å². The van der Waals surface area contributed by atoms with Gasteiger partial charge in [-0.15, -0.1) is 11.3 Å². The molecule has 0 amide bonds. The van der Waals surface area contributed by atoms with Crippen molar-refractivity contribution in [2.75, 3.05) is 0 Å². The molecule has 0 saturated carbocycles. The molecule has 2 aromatic carbocycles. The second-order valence-corrected chi connectivity index (χ2v) is 4.92. The van der Waals surface area contributed by atoms with Gasteiger partial charge in [0.2, 0.25) is 5.13 Å². The molecule has 0 saturated heterocycles. The molecule has 0 unspecified atom stereocenters. The van der Waals surface area contributed by atoms with Gasteiger partial charge in [0.05, 0.1) is 5.69 Å². The first-order valence-electron chi connectivity index (χ1n) is 5.77. The molecule has 1 heterocycles. The summed E-state index contributed by atoms with van der Waals surface area (Å²) in [6, 6.07) is 14.4. The van der Waals surface area contributed by atoms with E-state index in [1.54, 1.807) is 0 Å². The van der Waals surface area contributed by atoms with Crippen molar-refractivity contribution < 1.29 is 0 Å². The summed E-state index contributed by atoms with van der Waals surface area (Å²) in [5, 5.41) is 4.90. The molecule has 94 valence electrons. The van der Waals surface area contributed by atoms with Gasteiger partial charge in [-0.25, -0.2) is 4.98 Å². The van der Waals surface area contributed by atoms with Gasteiger partial charge in [-0.2, -0.15) is 4.99 Å². The predicted octanol–water partition coefficient (Wildman–Crippen LogP) is 2.87. The maximum atomic E-state index is 5.36. The van der Waals surface area contributed by atoms with Crippen LogP contribution in [0.25, 0.3) is 22.0 Å². The SMILES string of the molecule is NC(N)=Nc1nc(-c2cccc3ccccc23)cs1. The van der Waals surface area contributed by atoms with Gasteiger partial charge >= 0.3 is 0 Å². The Morgan fingerprint density at radius 1 is 1.05 bits per heavy atom. The molecular formula is C14H12N4S. The zero-order valence-corrected chi connectivity index (χ0v) is 10.9. The average Bonchev–Trinajstić information content (AvgIpc) is 2.85. The first-order chi connectivity index (χ1) is 9.24. The number of rotatable bonds is 2. The molecule has 3 aromatic rings. The molecule has 5 heteroatoms. The fourth-order valence-corrected chi connectivity index (χ4v) is 2.70. The molecule has 0 bridgehead atoms. The van der Waals surface area contributed by atoms with Crippen molar-refractivity contribution in [3.63, 3.8) is 0 Å². The van der Waals surface area contributed by atoms with Crippen molar-refractivity contribution >= 4 is 33.2 Å². The molecule has 0 spiro atoms. The molecule has 19 heavy (non-hydrogen) atoms. The van der Waals surface area contributed by atoms with Crippen molar-refractivity contribution in [2.45, 2.75) is 0 Å². The zero-order valence-electron chi connectivity index (χ0n) is 10.1. The minimum absolute atomic E-state index is 0.0267. The molecule has 0 fully saturated rings. The first kappa shape index (κ1) is 11.7. The van der Waals surface area contributed by atoms with Crippen LogP contribution in [0, 0.1) is 0 Å². The highest BCUT2D eigenvalue weighted by molar-refractivity contribution is 7.13. The lowest BCUT2D eigenvalue weighted by Gasteiger charge is -2.03. The van der Waals surface area contributed by atoms with Crippen molar-refractivity contribution in [1.29, 1.82) is 0 Å². The number of benzene rings is 2. The van der Waals surface area contributed by atoms with Crippen molar-refractivity contribution in [3.05, 3.63) is 47.8 Å². The number of hydrogen-bond acceptors (Lipinski definition) is 3. The molecule has 0 radical (unpaired) electrons. The molecule has 0 aliphatic heterocycles.